The van der Waals surface area contributed by atoms with Crippen molar-refractivity contribution in [3.05, 3.63) is 65.2 Å². The number of rotatable bonds is 7. The standard InChI is InChI=1S/C22H24N2O3S/c1-4-17(16-10-6-5-7-11-16)22(26)27-14-20(25)24(3)15(2)21-23-18-12-8-9-13-19(18)28-21/h5-13,15,17H,4,14H2,1-3H3/t15-,17+/m1/s1. The van der Waals surface area contributed by atoms with Crippen LogP contribution in [0.25, 0.3) is 10.2 Å². The summed E-state index contributed by atoms with van der Waals surface area (Å²) < 4.78 is 6.42. The van der Waals surface area contributed by atoms with Crippen LogP contribution in [0.3, 0.4) is 0 Å². The number of carbonyl (C=O) groups is 2. The Hall–Kier alpha value is -2.73. The lowest BCUT2D eigenvalue weighted by molar-refractivity contribution is -0.153. The van der Waals surface area contributed by atoms with Gasteiger partial charge >= 0.3 is 5.97 Å². The maximum atomic E-state index is 12.6. The molecule has 6 heteroatoms. The van der Waals surface area contributed by atoms with Crippen LogP contribution in [0.4, 0.5) is 0 Å². The summed E-state index contributed by atoms with van der Waals surface area (Å²) in [5.41, 5.74) is 1.83. The van der Waals surface area contributed by atoms with Gasteiger partial charge < -0.3 is 9.64 Å². The molecule has 0 aliphatic rings. The van der Waals surface area contributed by atoms with Gasteiger partial charge in [-0.2, -0.15) is 0 Å². The molecule has 1 amide bonds. The third kappa shape index (κ3) is 4.39. The van der Waals surface area contributed by atoms with E-state index in [2.05, 4.69) is 4.98 Å². The van der Waals surface area contributed by atoms with E-state index in [9.17, 15) is 9.59 Å². The molecule has 3 aromatic rings. The molecule has 1 heterocycles. The molecule has 0 saturated heterocycles. The van der Waals surface area contributed by atoms with Gasteiger partial charge in [-0.1, -0.05) is 49.4 Å². The summed E-state index contributed by atoms with van der Waals surface area (Å²) in [5.74, 6) is -0.980. The summed E-state index contributed by atoms with van der Waals surface area (Å²) in [6.45, 7) is 3.59. The zero-order valence-electron chi connectivity index (χ0n) is 16.3. The lowest BCUT2D eigenvalue weighted by atomic mass is 9.97. The number of carbonyl (C=O) groups excluding carboxylic acids is 2. The van der Waals surface area contributed by atoms with Crippen molar-refractivity contribution < 1.29 is 14.3 Å². The molecule has 2 atom stereocenters. The maximum absolute atomic E-state index is 12.6. The molecule has 1 aromatic heterocycles. The first-order chi connectivity index (χ1) is 13.5. The molecule has 5 nitrogen and oxygen atoms in total. The zero-order chi connectivity index (χ0) is 20.1. The van der Waals surface area contributed by atoms with Gasteiger partial charge in [0.2, 0.25) is 0 Å². The van der Waals surface area contributed by atoms with Crippen molar-refractivity contribution in [3.8, 4) is 0 Å². The molecular formula is C22H24N2O3S. The highest BCUT2D eigenvalue weighted by atomic mass is 32.1. The molecule has 0 fully saturated rings. The SMILES string of the molecule is CC[C@H](C(=O)OCC(=O)N(C)[C@H](C)c1nc2ccccc2s1)c1ccccc1. The predicted molar refractivity (Wildman–Crippen MR) is 111 cm³/mol. The molecule has 3 rings (SSSR count). The number of fused-ring (bicyclic) bond motifs is 1. The molecule has 0 spiro atoms. The van der Waals surface area contributed by atoms with Crippen LogP contribution < -0.4 is 0 Å². The van der Waals surface area contributed by atoms with Gasteiger partial charge in [0.25, 0.3) is 5.91 Å². The van der Waals surface area contributed by atoms with E-state index in [0.29, 0.717) is 6.42 Å². The molecule has 0 unspecified atom stereocenters. The summed E-state index contributed by atoms with van der Waals surface area (Å²) in [4.78, 5) is 31.2. The highest BCUT2D eigenvalue weighted by Gasteiger charge is 2.24. The van der Waals surface area contributed by atoms with Crippen LogP contribution in [0.2, 0.25) is 0 Å². The number of aromatic nitrogens is 1. The Kier molecular flexibility index (Phi) is 6.41. The average Bonchev–Trinajstić information content (AvgIpc) is 3.16. The minimum atomic E-state index is -0.372. The summed E-state index contributed by atoms with van der Waals surface area (Å²) in [7, 11) is 1.71. The number of ether oxygens (including phenoxy) is 1. The van der Waals surface area contributed by atoms with Gasteiger partial charge in [0.1, 0.15) is 5.01 Å². The van der Waals surface area contributed by atoms with Crippen molar-refractivity contribution in [1.82, 2.24) is 9.88 Å². The summed E-state index contributed by atoms with van der Waals surface area (Å²) >= 11 is 1.57. The van der Waals surface area contributed by atoms with Crippen LogP contribution >= 0.6 is 11.3 Å². The second kappa shape index (κ2) is 8.97. The first kappa shape index (κ1) is 20.0. The Morgan fingerprint density at radius 1 is 1.11 bits per heavy atom. The van der Waals surface area contributed by atoms with E-state index in [-0.39, 0.29) is 30.4 Å². The molecule has 28 heavy (non-hydrogen) atoms. The smallest absolute Gasteiger partial charge is 0.313 e. The van der Waals surface area contributed by atoms with Gasteiger partial charge in [-0.05, 0) is 31.0 Å². The Labute approximate surface area is 169 Å². The number of thiazole rings is 1. The number of amides is 1. The fraction of sp³-hybridized carbons (Fsp3) is 0.318. The van der Waals surface area contributed by atoms with Crippen molar-refractivity contribution in [1.29, 1.82) is 0 Å². The van der Waals surface area contributed by atoms with Crippen LogP contribution in [-0.4, -0.2) is 35.4 Å². The summed E-state index contributed by atoms with van der Waals surface area (Å²) in [5, 5.41) is 0.860. The van der Waals surface area contributed by atoms with E-state index in [1.165, 1.54) is 0 Å². The van der Waals surface area contributed by atoms with Crippen LogP contribution in [0.5, 0.6) is 0 Å². The fourth-order valence-corrected chi connectivity index (χ4v) is 4.07. The van der Waals surface area contributed by atoms with Gasteiger partial charge in [-0.15, -0.1) is 11.3 Å². The van der Waals surface area contributed by atoms with Crippen LogP contribution in [0.15, 0.2) is 54.6 Å². The lowest BCUT2D eigenvalue weighted by Gasteiger charge is -2.23. The van der Waals surface area contributed by atoms with Gasteiger partial charge in [0, 0.05) is 7.05 Å². The number of likely N-dealkylation sites (N-methyl/N-ethyl adjacent to an activating group) is 1. The zero-order valence-corrected chi connectivity index (χ0v) is 17.1. The number of hydrogen-bond donors (Lipinski definition) is 0. The van der Waals surface area contributed by atoms with Crippen molar-refractivity contribution in [2.24, 2.45) is 0 Å². The third-order valence-corrected chi connectivity index (χ3v) is 6.08. The van der Waals surface area contributed by atoms with Crippen LogP contribution in [0, 0.1) is 0 Å². The first-order valence-electron chi connectivity index (χ1n) is 9.34. The van der Waals surface area contributed by atoms with Crippen molar-refractivity contribution >= 4 is 33.4 Å². The summed E-state index contributed by atoms with van der Waals surface area (Å²) in [6.07, 6.45) is 0.620. The molecule has 0 bridgehead atoms. The molecule has 0 aliphatic carbocycles. The van der Waals surface area contributed by atoms with Gasteiger partial charge in [0.15, 0.2) is 6.61 Å². The largest absolute Gasteiger partial charge is 0.455 e. The quantitative estimate of drug-likeness (QED) is 0.550. The minimum Gasteiger partial charge on any atom is -0.455 e. The molecular weight excluding hydrogens is 372 g/mol. The van der Waals surface area contributed by atoms with Crippen molar-refractivity contribution in [3.63, 3.8) is 0 Å². The van der Waals surface area contributed by atoms with Gasteiger partial charge in [-0.3, -0.25) is 9.59 Å². The van der Waals surface area contributed by atoms with E-state index >= 15 is 0 Å². The molecule has 0 saturated carbocycles. The molecule has 2 aromatic carbocycles. The molecule has 0 N–H and O–H groups in total. The topological polar surface area (TPSA) is 59.5 Å². The number of esters is 1. The van der Waals surface area contributed by atoms with Crippen LogP contribution in [0.1, 0.15) is 42.8 Å². The molecule has 0 radical (unpaired) electrons. The Morgan fingerprint density at radius 2 is 1.79 bits per heavy atom. The number of benzene rings is 2. The monoisotopic (exact) mass is 396 g/mol. The van der Waals surface area contributed by atoms with Gasteiger partial charge in [-0.25, -0.2) is 4.98 Å². The van der Waals surface area contributed by atoms with Crippen molar-refractivity contribution in [2.45, 2.75) is 32.2 Å². The first-order valence-corrected chi connectivity index (χ1v) is 10.2. The predicted octanol–water partition coefficient (Wildman–Crippen LogP) is 4.55. The Bertz CT molecular complexity index is 922. The highest BCUT2D eigenvalue weighted by Crippen LogP contribution is 2.29. The number of para-hydroxylation sites is 1. The minimum absolute atomic E-state index is 0.195. The second-order valence-corrected chi connectivity index (χ2v) is 7.74. The highest BCUT2D eigenvalue weighted by molar-refractivity contribution is 7.18. The van der Waals surface area contributed by atoms with E-state index in [0.717, 1.165) is 20.8 Å². The second-order valence-electron chi connectivity index (χ2n) is 6.68. The number of nitrogens with zero attached hydrogens (tertiary/aromatic N) is 2. The Morgan fingerprint density at radius 3 is 2.46 bits per heavy atom. The van der Waals surface area contributed by atoms with Gasteiger partial charge in [0.05, 0.1) is 22.2 Å². The van der Waals surface area contributed by atoms with E-state index in [1.54, 1.807) is 23.3 Å². The third-order valence-electron chi connectivity index (χ3n) is 4.87. The van der Waals surface area contributed by atoms with Crippen molar-refractivity contribution in [2.75, 3.05) is 13.7 Å². The Balaban J connectivity index is 1.61. The van der Waals surface area contributed by atoms with Crippen LogP contribution in [-0.2, 0) is 14.3 Å². The van der Waals surface area contributed by atoms with E-state index in [1.807, 2.05) is 68.4 Å². The average molecular weight is 397 g/mol. The van der Waals surface area contributed by atoms with E-state index < -0.39 is 0 Å². The molecule has 0 aliphatic heterocycles. The lowest BCUT2D eigenvalue weighted by Crippen LogP contribution is -2.34. The molecule has 146 valence electrons. The maximum Gasteiger partial charge on any atom is 0.313 e. The summed E-state index contributed by atoms with van der Waals surface area (Å²) in [6, 6.07) is 17.2. The number of hydrogen-bond acceptors (Lipinski definition) is 5. The van der Waals surface area contributed by atoms with E-state index in [4.69, 9.17) is 4.74 Å². The normalized spacial score (nSPS) is 13.1. The fourth-order valence-electron chi connectivity index (χ4n) is 3.01.